The Hall–Kier alpha value is -2.25. The van der Waals surface area contributed by atoms with Crippen LogP contribution in [0.15, 0.2) is 47.4 Å². The fraction of sp³-hybridized carbons (Fsp3) is 0.458. The third kappa shape index (κ3) is 4.39. The number of amides is 1. The minimum Gasteiger partial charge on any atom is -0.335 e. The van der Waals surface area contributed by atoms with E-state index in [1.807, 2.05) is 30.9 Å². The van der Waals surface area contributed by atoms with E-state index in [0.717, 1.165) is 29.5 Å². The van der Waals surface area contributed by atoms with E-state index in [2.05, 4.69) is 0 Å². The number of carbonyl (C=O) groups is 1. The summed E-state index contributed by atoms with van der Waals surface area (Å²) >= 11 is 0. The normalized spacial score (nSPS) is 20.9. The topological polar surface area (TPSA) is 57.7 Å². The Balaban J connectivity index is 1.43. The Morgan fingerprint density at radius 3 is 2.29 bits per heavy atom. The standard InChI is InChI=1S/C24H29FN2O3S/c1-17-5-10-23(18(2)16-17)31(29,30)26-14-11-20(12-15-26)24(28)27-13-3-4-22(27)19-6-8-21(25)9-7-19/h5-10,16,20,22H,3-4,11-15H2,1-2H3. The van der Waals surface area contributed by atoms with Crippen molar-refractivity contribution >= 4 is 15.9 Å². The lowest BCUT2D eigenvalue weighted by Gasteiger charge is -2.34. The van der Waals surface area contributed by atoms with Gasteiger partial charge < -0.3 is 4.90 Å². The molecule has 1 amide bonds. The Morgan fingerprint density at radius 2 is 1.65 bits per heavy atom. The minimum atomic E-state index is -3.56. The van der Waals surface area contributed by atoms with Crippen LogP contribution in [-0.2, 0) is 14.8 Å². The number of benzene rings is 2. The predicted molar refractivity (Wildman–Crippen MR) is 117 cm³/mol. The number of carbonyl (C=O) groups excluding carboxylic acids is 1. The highest BCUT2D eigenvalue weighted by Crippen LogP contribution is 2.35. The van der Waals surface area contributed by atoms with Gasteiger partial charge >= 0.3 is 0 Å². The van der Waals surface area contributed by atoms with Crippen LogP contribution in [0.2, 0.25) is 0 Å². The van der Waals surface area contributed by atoms with Crippen LogP contribution in [0.3, 0.4) is 0 Å². The van der Waals surface area contributed by atoms with E-state index in [0.29, 0.717) is 37.4 Å². The molecule has 7 heteroatoms. The van der Waals surface area contributed by atoms with E-state index in [-0.39, 0.29) is 23.7 Å². The van der Waals surface area contributed by atoms with Crippen molar-refractivity contribution in [1.29, 1.82) is 0 Å². The van der Waals surface area contributed by atoms with Gasteiger partial charge in [0.15, 0.2) is 0 Å². The van der Waals surface area contributed by atoms with Crippen LogP contribution in [0.25, 0.3) is 0 Å². The average molecular weight is 445 g/mol. The first-order valence-electron chi connectivity index (χ1n) is 10.9. The zero-order chi connectivity index (χ0) is 22.2. The molecule has 2 aliphatic heterocycles. The van der Waals surface area contributed by atoms with Crippen LogP contribution in [0, 0.1) is 25.6 Å². The highest BCUT2D eigenvalue weighted by atomic mass is 32.2. The van der Waals surface area contributed by atoms with Gasteiger partial charge in [-0.15, -0.1) is 0 Å². The molecule has 2 aliphatic rings. The fourth-order valence-electron chi connectivity index (χ4n) is 4.87. The van der Waals surface area contributed by atoms with Crippen molar-refractivity contribution in [3.05, 3.63) is 65.0 Å². The molecule has 5 nitrogen and oxygen atoms in total. The molecular weight excluding hydrogens is 415 g/mol. The summed E-state index contributed by atoms with van der Waals surface area (Å²) in [4.78, 5) is 15.5. The van der Waals surface area contributed by atoms with Crippen LogP contribution < -0.4 is 0 Å². The van der Waals surface area contributed by atoms with Gasteiger partial charge in [-0.05, 0) is 68.9 Å². The number of hydrogen-bond acceptors (Lipinski definition) is 3. The second kappa shape index (κ2) is 8.71. The summed E-state index contributed by atoms with van der Waals surface area (Å²) in [7, 11) is -3.56. The van der Waals surface area contributed by atoms with Crippen molar-refractivity contribution in [2.24, 2.45) is 5.92 Å². The maximum Gasteiger partial charge on any atom is 0.243 e. The highest BCUT2D eigenvalue weighted by molar-refractivity contribution is 7.89. The molecule has 0 bridgehead atoms. The van der Waals surface area contributed by atoms with E-state index in [9.17, 15) is 17.6 Å². The third-order valence-electron chi connectivity index (χ3n) is 6.54. The molecule has 0 radical (unpaired) electrons. The van der Waals surface area contributed by atoms with Crippen LogP contribution in [0.4, 0.5) is 4.39 Å². The zero-order valence-corrected chi connectivity index (χ0v) is 18.9. The molecule has 1 unspecified atom stereocenters. The third-order valence-corrected chi connectivity index (χ3v) is 8.60. The monoisotopic (exact) mass is 444 g/mol. The molecule has 2 aromatic rings. The molecule has 0 aromatic heterocycles. The van der Waals surface area contributed by atoms with E-state index in [4.69, 9.17) is 0 Å². The molecule has 2 fully saturated rings. The smallest absolute Gasteiger partial charge is 0.243 e. The van der Waals surface area contributed by atoms with Gasteiger partial charge in [-0.2, -0.15) is 4.31 Å². The minimum absolute atomic E-state index is 0.0231. The Bertz CT molecular complexity index is 1060. The molecule has 0 spiro atoms. The molecule has 0 N–H and O–H groups in total. The molecule has 2 saturated heterocycles. The van der Waals surface area contributed by atoms with Crippen LogP contribution >= 0.6 is 0 Å². The Morgan fingerprint density at radius 1 is 0.968 bits per heavy atom. The summed E-state index contributed by atoms with van der Waals surface area (Å²) in [6.07, 6.45) is 2.84. The number of likely N-dealkylation sites (tertiary alicyclic amines) is 1. The van der Waals surface area contributed by atoms with E-state index >= 15 is 0 Å². The zero-order valence-electron chi connectivity index (χ0n) is 18.1. The molecular formula is C24H29FN2O3S. The SMILES string of the molecule is Cc1ccc(S(=O)(=O)N2CCC(C(=O)N3CCCC3c3ccc(F)cc3)CC2)c(C)c1. The summed E-state index contributed by atoms with van der Waals surface area (Å²) in [5.74, 6) is -0.362. The van der Waals surface area contributed by atoms with Gasteiger partial charge in [-0.3, -0.25) is 4.79 Å². The van der Waals surface area contributed by atoms with E-state index in [1.54, 1.807) is 18.2 Å². The number of rotatable bonds is 4. The van der Waals surface area contributed by atoms with Gasteiger partial charge in [0.1, 0.15) is 5.82 Å². The Kier molecular flexibility index (Phi) is 6.17. The average Bonchev–Trinajstić information content (AvgIpc) is 3.23. The van der Waals surface area contributed by atoms with Gasteiger partial charge in [0.25, 0.3) is 0 Å². The first-order chi connectivity index (χ1) is 14.8. The number of sulfonamides is 1. The van der Waals surface area contributed by atoms with Crippen molar-refractivity contribution < 1.29 is 17.6 Å². The molecule has 0 aliphatic carbocycles. The van der Waals surface area contributed by atoms with Crippen molar-refractivity contribution in [1.82, 2.24) is 9.21 Å². The van der Waals surface area contributed by atoms with Crippen LogP contribution in [0.1, 0.15) is 48.4 Å². The number of nitrogens with zero attached hydrogens (tertiary/aromatic N) is 2. The first kappa shape index (κ1) is 22.0. The number of aryl methyl sites for hydroxylation is 2. The predicted octanol–water partition coefficient (Wildman–Crippen LogP) is 4.21. The van der Waals surface area contributed by atoms with Gasteiger partial charge in [0.2, 0.25) is 15.9 Å². The summed E-state index contributed by atoms with van der Waals surface area (Å²) in [6, 6.07) is 11.7. The number of piperidine rings is 1. The molecule has 4 rings (SSSR count). The Labute approximate surface area is 183 Å². The molecule has 31 heavy (non-hydrogen) atoms. The van der Waals surface area contributed by atoms with Crippen molar-refractivity contribution in [3.63, 3.8) is 0 Å². The molecule has 0 saturated carbocycles. The molecule has 166 valence electrons. The molecule has 2 aromatic carbocycles. The fourth-order valence-corrected chi connectivity index (χ4v) is 6.54. The summed E-state index contributed by atoms with van der Waals surface area (Å²) in [5, 5.41) is 0. The van der Waals surface area contributed by atoms with Crippen molar-refractivity contribution in [2.45, 2.75) is 50.5 Å². The molecule has 1 atom stereocenters. The van der Waals surface area contributed by atoms with E-state index in [1.165, 1.54) is 16.4 Å². The second-order valence-electron chi connectivity index (χ2n) is 8.69. The molecule has 2 heterocycles. The number of halogens is 1. The lowest BCUT2D eigenvalue weighted by molar-refractivity contribution is -0.137. The number of hydrogen-bond donors (Lipinski definition) is 0. The largest absolute Gasteiger partial charge is 0.335 e. The van der Waals surface area contributed by atoms with Gasteiger partial charge in [0, 0.05) is 25.6 Å². The first-order valence-corrected chi connectivity index (χ1v) is 12.3. The quantitative estimate of drug-likeness (QED) is 0.710. The lowest BCUT2D eigenvalue weighted by Crippen LogP contribution is -2.44. The van der Waals surface area contributed by atoms with Crippen LogP contribution in [-0.4, -0.2) is 43.2 Å². The van der Waals surface area contributed by atoms with Gasteiger partial charge in [0.05, 0.1) is 10.9 Å². The highest BCUT2D eigenvalue weighted by Gasteiger charge is 2.37. The maximum atomic E-state index is 13.3. The maximum absolute atomic E-state index is 13.3. The van der Waals surface area contributed by atoms with Crippen molar-refractivity contribution in [3.8, 4) is 0 Å². The van der Waals surface area contributed by atoms with Crippen LogP contribution in [0.5, 0.6) is 0 Å². The summed E-state index contributed by atoms with van der Waals surface area (Å²) < 4.78 is 41.0. The summed E-state index contributed by atoms with van der Waals surface area (Å²) in [6.45, 7) is 5.15. The second-order valence-corrected chi connectivity index (χ2v) is 10.6. The van der Waals surface area contributed by atoms with Gasteiger partial charge in [-0.25, -0.2) is 12.8 Å². The van der Waals surface area contributed by atoms with Crippen molar-refractivity contribution in [2.75, 3.05) is 19.6 Å². The summed E-state index contributed by atoms with van der Waals surface area (Å²) in [5.41, 5.74) is 2.74. The van der Waals surface area contributed by atoms with E-state index < -0.39 is 10.0 Å². The van der Waals surface area contributed by atoms with Gasteiger partial charge in [-0.1, -0.05) is 29.8 Å². The lowest BCUT2D eigenvalue weighted by atomic mass is 9.95.